The highest BCUT2D eigenvalue weighted by atomic mass is 16.5. The van der Waals surface area contributed by atoms with Gasteiger partial charge in [-0.25, -0.2) is 9.97 Å². The predicted molar refractivity (Wildman–Crippen MR) is 128 cm³/mol. The molecule has 2 N–H and O–H groups in total. The van der Waals surface area contributed by atoms with Crippen molar-refractivity contribution in [2.24, 2.45) is 5.92 Å². The first-order chi connectivity index (χ1) is 16.0. The van der Waals surface area contributed by atoms with Crippen molar-refractivity contribution in [2.75, 3.05) is 5.73 Å². The molecule has 3 aromatic heterocycles. The number of aryl methyl sites for hydroxylation is 2. The molecule has 0 amide bonds. The first kappa shape index (κ1) is 20.0. The van der Waals surface area contributed by atoms with Crippen molar-refractivity contribution in [3.8, 4) is 28.4 Å². The summed E-state index contributed by atoms with van der Waals surface area (Å²) in [5.41, 5.74) is 13.9. The second-order valence-electron chi connectivity index (χ2n) is 9.41. The molecule has 1 atom stereocenters. The maximum absolute atomic E-state index is 6.43. The van der Waals surface area contributed by atoms with Crippen LogP contribution in [0.1, 0.15) is 48.3 Å². The number of nitrogens with zero attached hydrogens (tertiary/aromatic N) is 5. The predicted octanol–water partition coefficient (Wildman–Crippen LogP) is 4.92. The second-order valence-corrected chi connectivity index (χ2v) is 9.41. The van der Waals surface area contributed by atoms with Crippen molar-refractivity contribution in [2.45, 2.75) is 52.8 Å². The van der Waals surface area contributed by atoms with E-state index in [1.165, 1.54) is 18.4 Å². The number of benzene rings is 1. The van der Waals surface area contributed by atoms with E-state index in [1.807, 2.05) is 24.7 Å². The molecular weight excluding hydrogens is 412 g/mol. The zero-order valence-corrected chi connectivity index (χ0v) is 19.2. The summed E-state index contributed by atoms with van der Waals surface area (Å²) in [6.45, 7) is 7.86. The lowest BCUT2D eigenvalue weighted by Crippen LogP contribution is -2.12. The smallest absolute Gasteiger partial charge is 0.166 e. The Bertz CT molecular complexity index is 1360. The van der Waals surface area contributed by atoms with E-state index in [1.54, 1.807) is 0 Å². The van der Waals surface area contributed by atoms with Gasteiger partial charge in [0.1, 0.15) is 11.9 Å². The van der Waals surface area contributed by atoms with E-state index in [9.17, 15) is 0 Å². The molecule has 7 heteroatoms. The SMILES string of the molecule is Cc1ccc2c(c1)C(C)Oc1cc(cnc1N)-c1c(cnn1CC1CC1)Cn1c(C)cnc1-2. The number of pyridine rings is 1. The fraction of sp³-hybridized carbons (Fsp3) is 0.346. The Kier molecular flexibility index (Phi) is 4.54. The molecule has 1 aliphatic heterocycles. The normalized spacial score (nSPS) is 17.2. The van der Waals surface area contributed by atoms with Gasteiger partial charge in [0.25, 0.3) is 0 Å². The average molecular weight is 441 g/mol. The lowest BCUT2D eigenvalue weighted by atomic mass is 9.99. The highest BCUT2D eigenvalue weighted by Crippen LogP contribution is 2.38. The number of rotatable bonds is 2. The molecule has 1 aliphatic carbocycles. The van der Waals surface area contributed by atoms with Gasteiger partial charge >= 0.3 is 0 Å². The lowest BCUT2D eigenvalue weighted by molar-refractivity contribution is 0.228. The minimum Gasteiger partial charge on any atom is -0.482 e. The summed E-state index contributed by atoms with van der Waals surface area (Å²) in [6.07, 6.45) is 8.07. The van der Waals surface area contributed by atoms with E-state index in [0.717, 1.165) is 46.0 Å². The number of aromatic nitrogens is 5. The number of hydrogen-bond donors (Lipinski definition) is 1. The van der Waals surface area contributed by atoms with Crippen LogP contribution in [-0.2, 0) is 13.1 Å². The van der Waals surface area contributed by atoms with E-state index >= 15 is 0 Å². The van der Waals surface area contributed by atoms with Gasteiger partial charge in [-0.15, -0.1) is 0 Å². The van der Waals surface area contributed by atoms with Gasteiger partial charge in [0.2, 0.25) is 0 Å². The standard InChI is InChI=1S/C26H28N6O/c1-15-4-7-21-22(8-15)17(3)33-23-9-19(11-28-25(23)27)24-20(12-30-32(24)13-18-5-6-18)14-31-16(2)10-29-26(21)31/h4,7-12,17-18H,5-6,13-14H2,1-3H3,(H2,27,28). The molecule has 0 radical (unpaired) electrons. The van der Waals surface area contributed by atoms with Crippen LogP contribution in [0, 0.1) is 19.8 Å². The van der Waals surface area contributed by atoms with Crippen LogP contribution in [0.15, 0.2) is 42.9 Å². The molecule has 4 heterocycles. The van der Waals surface area contributed by atoms with Crippen molar-refractivity contribution in [3.63, 3.8) is 0 Å². The molecule has 1 saturated carbocycles. The Morgan fingerprint density at radius 2 is 1.94 bits per heavy atom. The van der Waals surface area contributed by atoms with Crippen molar-refractivity contribution in [1.82, 2.24) is 24.3 Å². The second kappa shape index (κ2) is 7.47. The molecule has 0 spiro atoms. The van der Waals surface area contributed by atoms with Gasteiger partial charge in [-0.2, -0.15) is 5.10 Å². The number of nitrogens with two attached hydrogens (primary N) is 1. The van der Waals surface area contributed by atoms with Crippen LogP contribution in [0.25, 0.3) is 22.6 Å². The Hall–Kier alpha value is -3.61. The van der Waals surface area contributed by atoms with E-state index < -0.39 is 0 Å². The molecule has 4 aromatic rings. The van der Waals surface area contributed by atoms with E-state index in [4.69, 9.17) is 20.6 Å². The molecule has 1 fully saturated rings. The Morgan fingerprint density at radius 3 is 2.76 bits per heavy atom. The molecule has 2 aliphatic rings. The Morgan fingerprint density at radius 1 is 1.09 bits per heavy atom. The quantitative estimate of drug-likeness (QED) is 0.478. The fourth-order valence-electron chi connectivity index (χ4n) is 4.76. The first-order valence-electron chi connectivity index (χ1n) is 11.6. The van der Waals surface area contributed by atoms with Gasteiger partial charge in [0.15, 0.2) is 11.6 Å². The maximum Gasteiger partial charge on any atom is 0.166 e. The Balaban J connectivity index is 1.60. The molecule has 168 valence electrons. The van der Waals surface area contributed by atoms with Gasteiger partial charge in [0, 0.05) is 46.9 Å². The molecule has 2 bridgehead atoms. The molecule has 7 nitrogen and oxygen atoms in total. The van der Waals surface area contributed by atoms with Crippen molar-refractivity contribution < 1.29 is 4.74 Å². The number of anilines is 1. The summed E-state index contributed by atoms with van der Waals surface area (Å²) < 4.78 is 10.8. The third kappa shape index (κ3) is 3.48. The monoisotopic (exact) mass is 440 g/mol. The summed E-state index contributed by atoms with van der Waals surface area (Å²) in [5.74, 6) is 2.63. The first-order valence-corrected chi connectivity index (χ1v) is 11.6. The molecule has 1 unspecified atom stereocenters. The largest absolute Gasteiger partial charge is 0.482 e. The molecule has 33 heavy (non-hydrogen) atoms. The van der Waals surface area contributed by atoms with E-state index in [-0.39, 0.29) is 6.10 Å². The van der Waals surface area contributed by atoms with Gasteiger partial charge in [-0.05, 0) is 45.6 Å². The third-order valence-electron chi connectivity index (χ3n) is 6.77. The summed E-state index contributed by atoms with van der Waals surface area (Å²) >= 11 is 0. The average Bonchev–Trinajstić information content (AvgIpc) is 3.42. The lowest BCUT2D eigenvalue weighted by Gasteiger charge is -2.22. The minimum absolute atomic E-state index is 0.222. The zero-order valence-electron chi connectivity index (χ0n) is 19.2. The molecular formula is C26H28N6O. The van der Waals surface area contributed by atoms with Crippen LogP contribution in [-0.4, -0.2) is 24.3 Å². The highest BCUT2D eigenvalue weighted by Gasteiger charge is 2.27. The van der Waals surface area contributed by atoms with E-state index in [0.29, 0.717) is 24.0 Å². The number of nitrogen functional groups attached to an aromatic ring is 1. The van der Waals surface area contributed by atoms with Gasteiger partial charge < -0.3 is 15.0 Å². The summed E-state index contributed by atoms with van der Waals surface area (Å²) in [4.78, 5) is 9.31. The number of fused-ring (bicyclic) bond motifs is 7. The van der Waals surface area contributed by atoms with E-state index in [2.05, 4.69) is 53.2 Å². The fourth-order valence-corrected chi connectivity index (χ4v) is 4.76. The van der Waals surface area contributed by atoms with Crippen LogP contribution in [0.2, 0.25) is 0 Å². The third-order valence-corrected chi connectivity index (χ3v) is 6.77. The van der Waals surface area contributed by atoms with Crippen LogP contribution < -0.4 is 10.5 Å². The topological polar surface area (TPSA) is 83.8 Å². The minimum atomic E-state index is -0.222. The summed E-state index contributed by atoms with van der Waals surface area (Å²) in [6, 6.07) is 8.46. The molecule has 6 rings (SSSR count). The van der Waals surface area contributed by atoms with Gasteiger partial charge in [-0.1, -0.05) is 23.8 Å². The van der Waals surface area contributed by atoms with Crippen molar-refractivity contribution >= 4 is 5.82 Å². The summed E-state index contributed by atoms with van der Waals surface area (Å²) in [5, 5.41) is 4.79. The number of ether oxygens (including phenoxy) is 1. The van der Waals surface area contributed by atoms with Crippen molar-refractivity contribution in [1.29, 1.82) is 0 Å². The zero-order chi connectivity index (χ0) is 22.7. The highest BCUT2D eigenvalue weighted by molar-refractivity contribution is 5.69. The molecule has 1 aromatic carbocycles. The molecule has 0 saturated heterocycles. The van der Waals surface area contributed by atoms with Gasteiger partial charge in [0.05, 0.1) is 18.4 Å². The van der Waals surface area contributed by atoms with Crippen LogP contribution in [0.3, 0.4) is 0 Å². The van der Waals surface area contributed by atoms with Crippen LogP contribution in [0.5, 0.6) is 5.75 Å². The Labute approximate surface area is 193 Å². The van der Waals surface area contributed by atoms with Crippen molar-refractivity contribution in [3.05, 3.63) is 65.2 Å². The number of hydrogen-bond acceptors (Lipinski definition) is 5. The number of imidazole rings is 1. The van der Waals surface area contributed by atoms with Crippen LogP contribution in [0.4, 0.5) is 5.82 Å². The van der Waals surface area contributed by atoms with Gasteiger partial charge in [-0.3, -0.25) is 4.68 Å². The van der Waals surface area contributed by atoms with Crippen LogP contribution >= 0.6 is 0 Å². The maximum atomic E-state index is 6.43. The summed E-state index contributed by atoms with van der Waals surface area (Å²) in [7, 11) is 0.